The Morgan fingerprint density at radius 1 is 1.12 bits per heavy atom. The molecule has 0 aliphatic rings. The van der Waals surface area contributed by atoms with Crippen molar-refractivity contribution in [2.45, 2.75) is 26.7 Å². The van der Waals surface area contributed by atoms with E-state index in [9.17, 15) is 4.79 Å². The minimum atomic E-state index is -0.305. The summed E-state index contributed by atoms with van der Waals surface area (Å²) in [4.78, 5) is 11.9. The van der Waals surface area contributed by atoms with Crippen LogP contribution in [-0.4, -0.2) is 25.3 Å². The van der Waals surface area contributed by atoms with Gasteiger partial charge in [0.15, 0.2) is 6.61 Å². The first kappa shape index (κ1) is 18.5. The number of hydrogen-bond donors (Lipinski definition) is 1. The molecule has 1 amide bonds. The molecule has 0 bridgehead atoms. The van der Waals surface area contributed by atoms with E-state index in [0.717, 1.165) is 22.6 Å². The lowest BCUT2D eigenvalue weighted by Crippen LogP contribution is -2.24. The summed E-state index contributed by atoms with van der Waals surface area (Å²) < 4.78 is 11.0. The highest BCUT2D eigenvalue weighted by molar-refractivity contribution is 5.83. The second kappa shape index (κ2) is 9.47. The van der Waals surface area contributed by atoms with Crippen LogP contribution in [-0.2, 0) is 4.79 Å². The smallest absolute Gasteiger partial charge is 0.277 e. The van der Waals surface area contributed by atoms with Crippen molar-refractivity contribution in [2.24, 2.45) is 5.10 Å². The SMILES string of the molecule is CCOc1ccc(/C=N/NC(=O)COc2ccccc2C(C)C)cc1. The molecule has 0 radical (unpaired) electrons. The fraction of sp³-hybridized carbons (Fsp3) is 0.300. The molecular weight excluding hydrogens is 316 g/mol. The third kappa shape index (κ3) is 5.95. The molecule has 0 heterocycles. The van der Waals surface area contributed by atoms with E-state index in [0.29, 0.717) is 12.5 Å². The molecule has 2 aromatic rings. The maximum absolute atomic E-state index is 11.9. The van der Waals surface area contributed by atoms with Gasteiger partial charge >= 0.3 is 0 Å². The minimum absolute atomic E-state index is 0.0790. The Labute approximate surface area is 148 Å². The van der Waals surface area contributed by atoms with Crippen LogP contribution in [0.5, 0.6) is 11.5 Å². The highest BCUT2D eigenvalue weighted by atomic mass is 16.5. The fourth-order valence-electron chi connectivity index (χ4n) is 2.26. The van der Waals surface area contributed by atoms with Gasteiger partial charge in [-0.25, -0.2) is 5.43 Å². The van der Waals surface area contributed by atoms with Crippen molar-refractivity contribution in [3.63, 3.8) is 0 Å². The summed E-state index contributed by atoms with van der Waals surface area (Å²) in [6.07, 6.45) is 1.58. The predicted octanol–water partition coefficient (Wildman–Crippen LogP) is 3.74. The van der Waals surface area contributed by atoms with Crippen molar-refractivity contribution in [3.05, 3.63) is 59.7 Å². The van der Waals surface area contributed by atoms with E-state index in [1.54, 1.807) is 6.21 Å². The van der Waals surface area contributed by atoms with E-state index in [2.05, 4.69) is 24.4 Å². The van der Waals surface area contributed by atoms with Gasteiger partial charge in [0, 0.05) is 0 Å². The molecule has 0 saturated heterocycles. The molecule has 0 unspecified atom stereocenters. The highest BCUT2D eigenvalue weighted by Crippen LogP contribution is 2.25. The molecule has 5 nitrogen and oxygen atoms in total. The van der Waals surface area contributed by atoms with Gasteiger partial charge in [0.2, 0.25) is 0 Å². The summed E-state index contributed by atoms with van der Waals surface area (Å²) >= 11 is 0. The summed E-state index contributed by atoms with van der Waals surface area (Å²) in [6.45, 7) is 6.66. The Kier molecular flexibility index (Phi) is 7.01. The summed E-state index contributed by atoms with van der Waals surface area (Å²) in [6, 6.07) is 15.2. The Morgan fingerprint density at radius 3 is 2.52 bits per heavy atom. The molecule has 0 aromatic heterocycles. The second-order valence-electron chi connectivity index (χ2n) is 5.78. The van der Waals surface area contributed by atoms with Gasteiger partial charge < -0.3 is 9.47 Å². The van der Waals surface area contributed by atoms with Crippen LogP contribution < -0.4 is 14.9 Å². The highest BCUT2D eigenvalue weighted by Gasteiger charge is 2.08. The topological polar surface area (TPSA) is 59.9 Å². The normalized spacial score (nSPS) is 10.9. The fourth-order valence-corrected chi connectivity index (χ4v) is 2.26. The van der Waals surface area contributed by atoms with E-state index in [-0.39, 0.29) is 12.5 Å². The number of carbonyl (C=O) groups is 1. The zero-order valence-corrected chi connectivity index (χ0v) is 14.9. The van der Waals surface area contributed by atoms with Crippen LogP contribution in [0.4, 0.5) is 0 Å². The van der Waals surface area contributed by atoms with Gasteiger partial charge in [0.25, 0.3) is 5.91 Å². The molecule has 132 valence electrons. The number of ether oxygens (including phenoxy) is 2. The molecule has 0 aliphatic heterocycles. The number of benzene rings is 2. The first-order valence-corrected chi connectivity index (χ1v) is 8.36. The van der Waals surface area contributed by atoms with Crippen LogP contribution in [0.2, 0.25) is 0 Å². The van der Waals surface area contributed by atoms with Crippen LogP contribution >= 0.6 is 0 Å². The van der Waals surface area contributed by atoms with Crippen molar-refractivity contribution in [1.29, 1.82) is 0 Å². The number of para-hydroxylation sites is 1. The largest absolute Gasteiger partial charge is 0.494 e. The van der Waals surface area contributed by atoms with Gasteiger partial charge in [0.05, 0.1) is 12.8 Å². The third-order valence-electron chi connectivity index (χ3n) is 3.49. The zero-order valence-electron chi connectivity index (χ0n) is 14.9. The lowest BCUT2D eigenvalue weighted by Gasteiger charge is -2.12. The van der Waals surface area contributed by atoms with Crippen molar-refractivity contribution >= 4 is 12.1 Å². The number of amides is 1. The minimum Gasteiger partial charge on any atom is -0.494 e. The molecule has 2 aromatic carbocycles. The van der Waals surface area contributed by atoms with E-state index in [1.807, 2.05) is 55.5 Å². The van der Waals surface area contributed by atoms with Crippen LogP contribution in [0.15, 0.2) is 53.6 Å². The number of hydrogen-bond acceptors (Lipinski definition) is 4. The monoisotopic (exact) mass is 340 g/mol. The van der Waals surface area contributed by atoms with Crippen LogP contribution in [0, 0.1) is 0 Å². The molecule has 5 heteroatoms. The van der Waals surface area contributed by atoms with Gasteiger partial charge in [-0.2, -0.15) is 5.10 Å². The Balaban J connectivity index is 1.82. The van der Waals surface area contributed by atoms with Gasteiger partial charge in [-0.05, 0) is 54.3 Å². The van der Waals surface area contributed by atoms with Gasteiger partial charge in [-0.15, -0.1) is 0 Å². The summed E-state index contributed by atoms with van der Waals surface area (Å²) in [5, 5.41) is 3.94. The average Bonchev–Trinajstić information content (AvgIpc) is 2.62. The number of carbonyl (C=O) groups excluding carboxylic acids is 1. The summed E-state index contributed by atoms with van der Waals surface area (Å²) in [5.41, 5.74) is 4.41. The van der Waals surface area contributed by atoms with E-state index < -0.39 is 0 Å². The summed E-state index contributed by atoms with van der Waals surface area (Å²) in [7, 11) is 0. The average molecular weight is 340 g/mol. The molecular formula is C20H24N2O3. The maximum atomic E-state index is 11.9. The van der Waals surface area contributed by atoms with Crippen molar-refractivity contribution in [3.8, 4) is 11.5 Å². The third-order valence-corrected chi connectivity index (χ3v) is 3.49. The van der Waals surface area contributed by atoms with E-state index in [4.69, 9.17) is 9.47 Å². The van der Waals surface area contributed by atoms with Crippen molar-refractivity contribution in [1.82, 2.24) is 5.43 Å². The molecule has 25 heavy (non-hydrogen) atoms. The molecule has 2 rings (SSSR count). The number of nitrogens with one attached hydrogen (secondary N) is 1. The first-order valence-electron chi connectivity index (χ1n) is 8.36. The second-order valence-corrected chi connectivity index (χ2v) is 5.78. The van der Waals surface area contributed by atoms with Crippen LogP contribution in [0.25, 0.3) is 0 Å². The molecule has 0 saturated carbocycles. The number of nitrogens with zero attached hydrogens (tertiary/aromatic N) is 1. The lowest BCUT2D eigenvalue weighted by atomic mass is 10.0. The number of rotatable bonds is 8. The van der Waals surface area contributed by atoms with Crippen LogP contribution in [0.1, 0.15) is 37.8 Å². The molecule has 0 aliphatic carbocycles. The predicted molar refractivity (Wildman–Crippen MR) is 99.4 cm³/mol. The quantitative estimate of drug-likeness (QED) is 0.588. The van der Waals surface area contributed by atoms with Gasteiger partial charge in [0.1, 0.15) is 11.5 Å². The molecule has 0 atom stereocenters. The zero-order chi connectivity index (χ0) is 18.1. The first-order chi connectivity index (χ1) is 12.1. The van der Waals surface area contributed by atoms with Crippen molar-refractivity contribution in [2.75, 3.05) is 13.2 Å². The maximum Gasteiger partial charge on any atom is 0.277 e. The van der Waals surface area contributed by atoms with Gasteiger partial charge in [-0.3, -0.25) is 4.79 Å². The summed E-state index contributed by atoms with van der Waals surface area (Å²) in [5.74, 6) is 1.56. The Hall–Kier alpha value is -2.82. The standard InChI is InChI=1S/C20H24N2O3/c1-4-24-17-11-9-16(10-12-17)13-21-22-20(23)14-25-19-8-6-5-7-18(19)15(2)3/h5-13,15H,4,14H2,1-3H3,(H,22,23)/b21-13+. The molecule has 0 fully saturated rings. The van der Waals surface area contributed by atoms with E-state index in [1.165, 1.54) is 0 Å². The van der Waals surface area contributed by atoms with Gasteiger partial charge in [-0.1, -0.05) is 32.0 Å². The Bertz CT molecular complexity index is 709. The molecule has 1 N–H and O–H groups in total. The van der Waals surface area contributed by atoms with Crippen molar-refractivity contribution < 1.29 is 14.3 Å². The molecule has 0 spiro atoms. The lowest BCUT2D eigenvalue weighted by molar-refractivity contribution is -0.123. The van der Waals surface area contributed by atoms with Crippen LogP contribution in [0.3, 0.4) is 0 Å². The number of hydrazone groups is 1. The van der Waals surface area contributed by atoms with E-state index >= 15 is 0 Å². The Morgan fingerprint density at radius 2 is 1.84 bits per heavy atom.